The van der Waals surface area contributed by atoms with E-state index in [0.717, 1.165) is 42.2 Å². The highest BCUT2D eigenvalue weighted by molar-refractivity contribution is 7.98. The summed E-state index contributed by atoms with van der Waals surface area (Å²) in [6.07, 6.45) is 2.15. The Morgan fingerprint density at radius 2 is 2.31 bits per heavy atom. The lowest BCUT2D eigenvalue weighted by molar-refractivity contribution is -0.463. The van der Waals surface area contributed by atoms with E-state index in [4.69, 9.17) is 0 Å². The average molecular weight is 400 g/mol. The number of nitrogens with zero attached hydrogens (tertiary/aromatic N) is 4. The molecule has 26 heavy (non-hydrogen) atoms. The first-order valence-electron chi connectivity index (χ1n) is 8.56. The smallest absolute Gasteiger partial charge is 0.259 e. The summed E-state index contributed by atoms with van der Waals surface area (Å²) in [7, 11) is 4.16. The van der Waals surface area contributed by atoms with E-state index < -0.39 is 0 Å². The molecule has 0 bridgehead atoms. The van der Waals surface area contributed by atoms with Gasteiger partial charge in [-0.1, -0.05) is 12.2 Å². The first kappa shape index (κ1) is 22.6. The standard InChI is InChI=1S/C17H29N5O2S2/c1-14(2)10-19-16(11-22(23)24)18-7-9-25-12-15-13-26-17(20-15)6-5-8-21(3)4/h13H,1,5-12H2,2-4H3,(H,18,19). The number of hydrogen-bond acceptors (Lipinski definition) is 7. The Hall–Kier alpha value is -1.45. The van der Waals surface area contributed by atoms with E-state index in [2.05, 4.69) is 46.2 Å². The summed E-state index contributed by atoms with van der Waals surface area (Å²) in [6, 6.07) is 0. The van der Waals surface area contributed by atoms with Crippen molar-refractivity contribution >= 4 is 28.9 Å². The fourth-order valence-corrected chi connectivity index (χ4v) is 3.73. The number of nitro groups is 1. The molecule has 0 aliphatic rings. The van der Waals surface area contributed by atoms with Gasteiger partial charge >= 0.3 is 0 Å². The molecule has 0 spiro atoms. The molecule has 0 radical (unpaired) electrons. The topological polar surface area (TPSA) is 83.7 Å². The van der Waals surface area contributed by atoms with Gasteiger partial charge in [-0.3, -0.25) is 15.1 Å². The van der Waals surface area contributed by atoms with Crippen LogP contribution in [0.1, 0.15) is 24.0 Å². The van der Waals surface area contributed by atoms with Gasteiger partial charge in [-0.05, 0) is 34.0 Å². The predicted octanol–water partition coefficient (Wildman–Crippen LogP) is 2.71. The fraction of sp³-hybridized carbons (Fsp3) is 0.647. The van der Waals surface area contributed by atoms with E-state index >= 15 is 0 Å². The second-order valence-corrected chi connectivity index (χ2v) is 8.38. The third-order valence-corrected chi connectivity index (χ3v) is 5.19. The molecule has 1 aromatic rings. The molecule has 1 rings (SSSR count). The number of aliphatic imine (C=N–C) groups is 1. The van der Waals surface area contributed by atoms with Crippen LogP contribution in [-0.2, 0) is 12.2 Å². The number of thioether (sulfide) groups is 1. The van der Waals surface area contributed by atoms with Crippen LogP contribution in [0.2, 0.25) is 0 Å². The zero-order chi connectivity index (χ0) is 19.4. The van der Waals surface area contributed by atoms with Gasteiger partial charge in [0.1, 0.15) is 0 Å². The maximum Gasteiger partial charge on any atom is 0.259 e. The highest BCUT2D eigenvalue weighted by Crippen LogP contribution is 2.16. The number of amidine groups is 1. The largest absolute Gasteiger partial charge is 0.367 e. The van der Waals surface area contributed by atoms with Crippen LogP contribution >= 0.6 is 23.1 Å². The summed E-state index contributed by atoms with van der Waals surface area (Å²) < 4.78 is 0. The minimum absolute atomic E-state index is 0.277. The molecule has 0 aromatic carbocycles. The summed E-state index contributed by atoms with van der Waals surface area (Å²) in [6.45, 7) is 7.48. The lowest BCUT2D eigenvalue weighted by Crippen LogP contribution is -2.32. The van der Waals surface area contributed by atoms with Crippen molar-refractivity contribution in [2.75, 3.05) is 46.0 Å². The van der Waals surface area contributed by atoms with Gasteiger partial charge in [0, 0.05) is 34.8 Å². The molecule has 1 aromatic heterocycles. The molecule has 0 aliphatic heterocycles. The summed E-state index contributed by atoms with van der Waals surface area (Å²) in [5.41, 5.74) is 1.99. The van der Waals surface area contributed by atoms with E-state index in [1.165, 1.54) is 5.01 Å². The molecular weight excluding hydrogens is 370 g/mol. The Bertz CT molecular complexity index is 602. The van der Waals surface area contributed by atoms with Gasteiger partial charge in [0.15, 0.2) is 5.84 Å². The maximum absolute atomic E-state index is 10.7. The van der Waals surface area contributed by atoms with Crippen molar-refractivity contribution in [1.82, 2.24) is 15.2 Å². The van der Waals surface area contributed by atoms with E-state index in [1.807, 2.05) is 6.92 Å². The number of aryl methyl sites for hydroxylation is 1. The summed E-state index contributed by atoms with van der Waals surface area (Å²) in [4.78, 5) is 21.4. The first-order valence-corrected chi connectivity index (χ1v) is 10.6. The highest BCUT2D eigenvalue weighted by atomic mass is 32.2. The van der Waals surface area contributed by atoms with Crippen molar-refractivity contribution in [2.45, 2.75) is 25.5 Å². The second kappa shape index (κ2) is 12.8. The molecule has 0 atom stereocenters. The molecule has 0 saturated carbocycles. The molecule has 9 heteroatoms. The zero-order valence-corrected chi connectivity index (χ0v) is 17.5. The quantitative estimate of drug-likeness (QED) is 0.137. The van der Waals surface area contributed by atoms with Gasteiger partial charge < -0.3 is 10.2 Å². The van der Waals surface area contributed by atoms with Gasteiger partial charge in [0.2, 0.25) is 0 Å². The number of nitrogens with one attached hydrogen (secondary N) is 1. The first-order chi connectivity index (χ1) is 12.4. The van der Waals surface area contributed by atoms with Crippen LogP contribution in [0.4, 0.5) is 0 Å². The summed E-state index contributed by atoms with van der Waals surface area (Å²) in [5.74, 6) is 2.12. The monoisotopic (exact) mass is 399 g/mol. The molecule has 0 unspecified atom stereocenters. The Morgan fingerprint density at radius 1 is 1.54 bits per heavy atom. The van der Waals surface area contributed by atoms with Crippen LogP contribution in [0.15, 0.2) is 22.5 Å². The van der Waals surface area contributed by atoms with Crippen molar-refractivity contribution in [3.63, 3.8) is 0 Å². The van der Waals surface area contributed by atoms with Crippen LogP contribution in [0.5, 0.6) is 0 Å². The van der Waals surface area contributed by atoms with Gasteiger partial charge in [0.25, 0.3) is 6.54 Å². The average Bonchev–Trinajstić information content (AvgIpc) is 2.99. The number of rotatable bonds is 13. The second-order valence-electron chi connectivity index (χ2n) is 6.33. The molecule has 0 amide bonds. The van der Waals surface area contributed by atoms with Crippen molar-refractivity contribution in [3.05, 3.63) is 38.3 Å². The molecule has 7 nitrogen and oxygen atoms in total. The lowest BCUT2D eigenvalue weighted by Gasteiger charge is -2.07. The van der Waals surface area contributed by atoms with Crippen molar-refractivity contribution < 1.29 is 4.92 Å². The number of thiazole rings is 1. The number of hydrogen-bond donors (Lipinski definition) is 1. The maximum atomic E-state index is 10.7. The Labute approximate surface area is 164 Å². The Balaban J connectivity index is 2.26. The van der Waals surface area contributed by atoms with Gasteiger partial charge in [0.05, 0.1) is 17.2 Å². The normalized spacial score (nSPS) is 11.8. The predicted molar refractivity (Wildman–Crippen MR) is 112 cm³/mol. The van der Waals surface area contributed by atoms with Crippen LogP contribution in [0.3, 0.4) is 0 Å². The third-order valence-electron chi connectivity index (χ3n) is 3.24. The summed E-state index contributed by atoms with van der Waals surface area (Å²) in [5, 5.41) is 17.1. The molecule has 1 heterocycles. The molecule has 0 aliphatic carbocycles. The molecular formula is C17H29N5O2S2. The zero-order valence-electron chi connectivity index (χ0n) is 15.9. The molecule has 1 N–H and O–H groups in total. The van der Waals surface area contributed by atoms with E-state index in [9.17, 15) is 10.1 Å². The van der Waals surface area contributed by atoms with Gasteiger partial charge in [-0.25, -0.2) is 4.98 Å². The highest BCUT2D eigenvalue weighted by Gasteiger charge is 2.07. The van der Waals surface area contributed by atoms with Crippen LogP contribution in [0.25, 0.3) is 0 Å². The van der Waals surface area contributed by atoms with Crippen LogP contribution < -0.4 is 5.32 Å². The van der Waals surface area contributed by atoms with Gasteiger partial charge in [-0.2, -0.15) is 11.8 Å². The van der Waals surface area contributed by atoms with E-state index in [-0.39, 0.29) is 11.5 Å². The third kappa shape index (κ3) is 11.2. The Kier molecular flexibility index (Phi) is 11.1. The lowest BCUT2D eigenvalue weighted by atomic mass is 10.3. The SMILES string of the molecule is C=C(C)CN=C(C[N+](=O)[O-])NCCSCc1csc(CCCN(C)C)n1. The fourth-order valence-electron chi connectivity index (χ4n) is 2.04. The molecule has 0 saturated heterocycles. The van der Waals surface area contributed by atoms with Crippen LogP contribution in [-0.4, -0.2) is 66.7 Å². The van der Waals surface area contributed by atoms with Crippen molar-refractivity contribution in [1.29, 1.82) is 0 Å². The molecule has 0 fully saturated rings. The van der Waals surface area contributed by atoms with Crippen molar-refractivity contribution in [2.24, 2.45) is 4.99 Å². The number of aromatic nitrogens is 1. The minimum Gasteiger partial charge on any atom is -0.367 e. The van der Waals surface area contributed by atoms with Crippen LogP contribution in [0, 0.1) is 10.1 Å². The van der Waals surface area contributed by atoms with E-state index in [1.54, 1.807) is 23.1 Å². The summed E-state index contributed by atoms with van der Waals surface area (Å²) >= 11 is 3.49. The van der Waals surface area contributed by atoms with E-state index in [0.29, 0.717) is 18.9 Å². The van der Waals surface area contributed by atoms with Gasteiger partial charge in [-0.15, -0.1) is 11.3 Å². The van der Waals surface area contributed by atoms with Crippen molar-refractivity contribution in [3.8, 4) is 0 Å². The molecule has 146 valence electrons. The Morgan fingerprint density at radius 3 is 2.96 bits per heavy atom. The minimum atomic E-state index is -0.371.